The highest BCUT2D eigenvalue weighted by atomic mass is 35.5. The summed E-state index contributed by atoms with van der Waals surface area (Å²) in [5.41, 5.74) is 3.93. The molecule has 1 heterocycles. The third kappa shape index (κ3) is 2.40. The van der Waals surface area contributed by atoms with Gasteiger partial charge in [-0.2, -0.15) is 0 Å². The van der Waals surface area contributed by atoms with Gasteiger partial charge in [-0.3, -0.25) is 0 Å². The Morgan fingerprint density at radius 1 is 1.10 bits per heavy atom. The van der Waals surface area contributed by atoms with Crippen LogP contribution in [0.15, 0.2) is 36.4 Å². The van der Waals surface area contributed by atoms with Crippen molar-refractivity contribution < 1.29 is 14.6 Å². The van der Waals surface area contributed by atoms with Crippen molar-refractivity contribution in [2.45, 2.75) is 19.3 Å². The van der Waals surface area contributed by atoms with Gasteiger partial charge in [0, 0.05) is 0 Å². The van der Waals surface area contributed by atoms with Crippen LogP contribution in [0.4, 0.5) is 0 Å². The van der Waals surface area contributed by atoms with Gasteiger partial charge in [0.15, 0.2) is 0 Å². The summed E-state index contributed by atoms with van der Waals surface area (Å²) < 4.78 is 10.6. The van der Waals surface area contributed by atoms with Crippen molar-refractivity contribution in [2.24, 2.45) is 0 Å². The van der Waals surface area contributed by atoms with E-state index in [1.165, 1.54) is 5.56 Å². The molecule has 1 unspecified atom stereocenters. The van der Waals surface area contributed by atoms with E-state index in [0.29, 0.717) is 24.0 Å². The average Bonchev–Trinajstić information content (AvgIpc) is 2.94. The predicted molar refractivity (Wildman–Crippen MR) is 77.0 cm³/mol. The molecule has 3 nitrogen and oxygen atoms in total. The van der Waals surface area contributed by atoms with Gasteiger partial charge in [-0.05, 0) is 34.4 Å². The molecule has 0 radical (unpaired) electrons. The largest absolute Gasteiger partial charge is 0.495 e. The topological polar surface area (TPSA) is 38.7 Å². The van der Waals surface area contributed by atoms with E-state index in [4.69, 9.17) is 21.1 Å². The van der Waals surface area contributed by atoms with Gasteiger partial charge in [-0.15, -0.1) is 0 Å². The number of hydrogen-bond acceptors (Lipinski definition) is 3. The maximum Gasteiger partial charge on any atom is 0.137 e. The second-order valence-electron chi connectivity index (χ2n) is 4.82. The van der Waals surface area contributed by atoms with Crippen molar-refractivity contribution in [3.8, 4) is 5.75 Å². The molecular formula is C16H15ClO3. The van der Waals surface area contributed by atoms with E-state index in [1.54, 1.807) is 25.3 Å². The predicted octanol–water partition coefficient (Wildman–Crippen LogP) is 3.46. The molecule has 0 aliphatic carbocycles. The maximum atomic E-state index is 10.5. The monoisotopic (exact) mass is 290 g/mol. The molecule has 0 amide bonds. The lowest BCUT2D eigenvalue weighted by molar-refractivity contribution is 0.134. The lowest BCUT2D eigenvalue weighted by atomic mass is 9.98. The Balaban J connectivity index is 1.94. The normalized spacial score (nSPS) is 14.9. The van der Waals surface area contributed by atoms with Crippen LogP contribution >= 0.6 is 11.6 Å². The first-order valence-corrected chi connectivity index (χ1v) is 6.78. The zero-order valence-electron chi connectivity index (χ0n) is 11.1. The van der Waals surface area contributed by atoms with Gasteiger partial charge in [0.1, 0.15) is 11.9 Å². The highest BCUT2D eigenvalue weighted by molar-refractivity contribution is 6.32. The molecule has 0 saturated heterocycles. The van der Waals surface area contributed by atoms with Gasteiger partial charge in [0.05, 0.1) is 25.3 Å². The lowest BCUT2D eigenvalue weighted by Crippen LogP contribution is -2.01. The Bertz CT molecular complexity index is 629. The summed E-state index contributed by atoms with van der Waals surface area (Å²) in [5.74, 6) is 0.563. The van der Waals surface area contributed by atoms with Crippen molar-refractivity contribution in [1.29, 1.82) is 0 Å². The molecular weight excluding hydrogens is 276 g/mol. The number of fused-ring (bicyclic) bond motifs is 1. The Morgan fingerprint density at radius 3 is 2.60 bits per heavy atom. The fourth-order valence-electron chi connectivity index (χ4n) is 2.40. The summed E-state index contributed by atoms with van der Waals surface area (Å²) in [4.78, 5) is 0. The van der Waals surface area contributed by atoms with Crippen LogP contribution in [0.5, 0.6) is 5.75 Å². The minimum Gasteiger partial charge on any atom is -0.495 e. The number of aliphatic hydroxyl groups is 1. The molecule has 1 aliphatic rings. The summed E-state index contributed by atoms with van der Waals surface area (Å²) in [6.07, 6.45) is -0.702. The highest BCUT2D eigenvalue weighted by Gasteiger charge is 2.17. The van der Waals surface area contributed by atoms with Crippen LogP contribution < -0.4 is 4.74 Å². The van der Waals surface area contributed by atoms with Gasteiger partial charge >= 0.3 is 0 Å². The number of aliphatic hydroxyl groups excluding tert-OH is 1. The van der Waals surface area contributed by atoms with Gasteiger partial charge < -0.3 is 14.6 Å². The smallest absolute Gasteiger partial charge is 0.137 e. The average molecular weight is 291 g/mol. The van der Waals surface area contributed by atoms with E-state index in [1.807, 2.05) is 18.2 Å². The summed E-state index contributed by atoms with van der Waals surface area (Å²) >= 11 is 6.00. The molecule has 0 bridgehead atoms. The molecule has 0 spiro atoms. The summed E-state index contributed by atoms with van der Waals surface area (Å²) in [7, 11) is 1.56. The van der Waals surface area contributed by atoms with Crippen molar-refractivity contribution >= 4 is 11.6 Å². The van der Waals surface area contributed by atoms with Crippen LogP contribution in [0.25, 0.3) is 0 Å². The van der Waals surface area contributed by atoms with E-state index in [0.717, 1.165) is 16.7 Å². The molecule has 1 aliphatic heterocycles. The van der Waals surface area contributed by atoms with Crippen LogP contribution in [0.3, 0.4) is 0 Å². The van der Waals surface area contributed by atoms with Crippen LogP contribution in [0.2, 0.25) is 5.02 Å². The minimum absolute atomic E-state index is 0.533. The fraction of sp³-hybridized carbons (Fsp3) is 0.250. The first-order valence-electron chi connectivity index (χ1n) is 6.40. The molecule has 2 aromatic rings. The van der Waals surface area contributed by atoms with Gasteiger partial charge in [-0.25, -0.2) is 0 Å². The molecule has 20 heavy (non-hydrogen) atoms. The SMILES string of the molecule is COc1cc(C(O)c2ccc3c(c2)COC3)ccc1Cl. The molecule has 1 atom stereocenters. The number of rotatable bonds is 3. The summed E-state index contributed by atoms with van der Waals surface area (Å²) in [6, 6.07) is 11.2. The first kappa shape index (κ1) is 13.4. The second kappa shape index (κ2) is 5.44. The molecule has 4 heteroatoms. The van der Waals surface area contributed by atoms with Gasteiger partial charge in [0.2, 0.25) is 0 Å². The van der Waals surface area contributed by atoms with Crippen LogP contribution in [0.1, 0.15) is 28.4 Å². The summed E-state index contributed by atoms with van der Waals surface area (Å²) in [5, 5.41) is 11.0. The molecule has 0 fully saturated rings. The molecule has 0 saturated carbocycles. The summed E-state index contributed by atoms with van der Waals surface area (Å²) in [6.45, 7) is 1.26. The third-order valence-corrected chi connectivity index (χ3v) is 3.86. The maximum absolute atomic E-state index is 10.5. The van der Waals surface area contributed by atoms with Gasteiger partial charge in [0.25, 0.3) is 0 Å². The van der Waals surface area contributed by atoms with Crippen LogP contribution in [0, 0.1) is 0 Å². The number of methoxy groups -OCH3 is 1. The van der Waals surface area contributed by atoms with Crippen molar-refractivity contribution in [3.05, 3.63) is 63.7 Å². The second-order valence-corrected chi connectivity index (χ2v) is 5.22. The number of hydrogen-bond donors (Lipinski definition) is 1. The number of ether oxygens (including phenoxy) is 2. The molecule has 2 aromatic carbocycles. The third-order valence-electron chi connectivity index (χ3n) is 3.55. The van der Waals surface area contributed by atoms with E-state index >= 15 is 0 Å². The van der Waals surface area contributed by atoms with Crippen LogP contribution in [-0.2, 0) is 18.0 Å². The zero-order valence-corrected chi connectivity index (χ0v) is 11.9. The Morgan fingerprint density at radius 2 is 1.80 bits per heavy atom. The van der Waals surface area contributed by atoms with Crippen molar-refractivity contribution in [3.63, 3.8) is 0 Å². The highest BCUT2D eigenvalue weighted by Crippen LogP contribution is 2.32. The van der Waals surface area contributed by atoms with E-state index in [-0.39, 0.29) is 0 Å². The standard InChI is InChI=1S/C16H15ClO3/c1-19-15-7-11(4-5-14(15)17)16(18)10-2-3-12-8-20-9-13(12)6-10/h2-7,16,18H,8-9H2,1H3. The Hall–Kier alpha value is -1.55. The van der Waals surface area contributed by atoms with E-state index in [2.05, 4.69) is 0 Å². The van der Waals surface area contributed by atoms with Crippen molar-refractivity contribution in [1.82, 2.24) is 0 Å². The molecule has 0 aromatic heterocycles. The molecule has 104 valence electrons. The number of halogens is 1. The quantitative estimate of drug-likeness (QED) is 0.941. The fourth-order valence-corrected chi connectivity index (χ4v) is 2.60. The minimum atomic E-state index is -0.702. The van der Waals surface area contributed by atoms with Gasteiger partial charge in [-0.1, -0.05) is 35.9 Å². The zero-order chi connectivity index (χ0) is 14.1. The number of benzene rings is 2. The first-order chi connectivity index (χ1) is 9.69. The molecule has 1 N–H and O–H groups in total. The van der Waals surface area contributed by atoms with Crippen LogP contribution in [-0.4, -0.2) is 12.2 Å². The van der Waals surface area contributed by atoms with E-state index in [9.17, 15) is 5.11 Å². The Labute approximate surface area is 122 Å². The lowest BCUT2D eigenvalue weighted by Gasteiger charge is -2.14. The van der Waals surface area contributed by atoms with E-state index < -0.39 is 6.10 Å². The molecule has 3 rings (SSSR count). The Kier molecular flexibility index (Phi) is 3.66. The van der Waals surface area contributed by atoms with Crippen molar-refractivity contribution in [2.75, 3.05) is 7.11 Å².